The second-order valence-corrected chi connectivity index (χ2v) is 5.20. The molecule has 21 heavy (non-hydrogen) atoms. The molecule has 1 aromatic carbocycles. The molecule has 0 spiro atoms. The summed E-state index contributed by atoms with van der Waals surface area (Å²) in [5.41, 5.74) is 0.521. The molecule has 1 aliphatic rings. The Kier molecular flexibility index (Phi) is 4.73. The van der Waals surface area contributed by atoms with Crippen LogP contribution in [0.2, 0.25) is 0 Å². The van der Waals surface area contributed by atoms with Crippen LogP contribution in [0.5, 0.6) is 0 Å². The van der Waals surface area contributed by atoms with Gasteiger partial charge in [0.2, 0.25) is 11.8 Å². The van der Waals surface area contributed by atoms with E-state index in [0.29, 0.717) is 18.8 Å². The fraction of sp³-hybridized carbons (Fsp3) is 0.375. The lowest BCUT2D eigenvalue weighted by Crippen LogP contribution is -2.45. The predicted molar refractivity (Wildman–Crippen MR) is 79.3 cm³/mol. The van der Waals surface area contributed by atoms with Crippen molar-refractivity contribution in [2.24, 2.45) is 5.92 Å². The van der Waals surface area contributed by atoms with Crippen molar-refractivity contribution in [2.45, 2.75) is 12.8 Å². The molecule has 1 heterocycles. The maximum atomic E-state index is 13.2. The molecule has 1 atom stereocenters. The van der Waals surface area contributed by atoms with Gasteiger partial charge in [0.05, 0.1) is 5.92 Å². The molecule has 2 amide bonds. The van der Waals surface area contributed by atoms with Crippen molar-refractivity contribution in [3.05, 3.63) is 42.7 Å². The molecule has 2 rings (SSSR count). The highest BCUT2D eigenvalue weighted by Crippen LogP contribution is 2.22. The van der Waals surface area contributed by atoms with Gasteiger partial charge >= 0.3 is 0 Å². The van der Waals surface area contributed by atoms with Crippen LogP contribution in [-0.2, 0) is 9.59 Å². The molecule has 0 N–H and O–H groups in total. The Bertz CT molecular complexity index is 559. The topological polar surface area (TPSA) is 40.6 Å². The van der Waals surface area contributed by atoms with Crippen molar-refractivity contribution < 1.29 is 14.0 Å². The van der Waals surface area contributed by atoms with Gasteiger partial charge in [-0.25, -0.2) is 4.39 Å². The van der Waals surface area contributed by atoms with Gasteiger partial charge in [-0.3, -0.25) is 9.59 Å². The van der Waals surface area contributed by atoms with Gasteiger partial charge in [0.1, 0.15) is 5.82 Å². The summed E-state index contributed by atoms with van der Waals surface area (Å²) in [6.45, 7) is 4.51. The molecule has 0 saturated carbocycles. The molecule has 0 aromatic heterocycles. The summed E-state index contributed by atoms with van der Waals surface area (Å²) >= 11 is 0. The van der Waals surface area contributed by atoms with E-state index in [4.69, 9.17) is 0 Å². The van der Waals surface area contributed by atoms with Crippen molar-refractivity contribution in [3.8, 4) is 0 Å². The number of carbonyl (C=O) groups is 2. The smallest absolute Gasteiger partial charge is 0.245 e. The number of nitrogens with zero attached hydrogens (tertiary/aromatic N) is 2. The maximum Gasteiger partial charge on any atom is 0.245 e. The molecule has 1 unspecified atom stereocenters. The lowest BCUT2D eigenvalue weighted by molar-refractivity contribution is -0.130. The second kappa shape index (κ2) is 6.52. The Labute approximate surface area is 123 Å². The Hall–Kier alpha value is -2.17. The normalized spacial score (nSPS) is 18.2. The van der Waals surface area contributed by atoms with Gasteiger partial charge in [-0.05, 0) is 37.1 Å². The largest absolute Gasteiger partial charge is 0.338 e. The predicted octanol–water partition coefficient (Wildman–Crippen LogP) is 2.21. The highest BCUT2D eigenvalue weighted by atomic mass is 19.1. The third kappa shape index (κ3) is 3.48. The Morgan fingerprint density at radius 2 is 2.24 bits per heavy atom. The number of hydrogen-bond donors (Lipinski definition) is 0. The molecule has 1 saturated heterocycles. The van der Waals surface area contributed by atoms with Gasteiger partial charge in [-0.2, -0.15) is 0 Å². The third-order valence-corrected chi connectivity index (χ3v) is 3.78. The van der Waals surface area contributed by atoms with Crippen molar-refractivity contribution >= 4 is 17.5 Å². The van der Waals surface area contributed by atoms with E-state index in [9.17, 15) is 14.0 Å². The van der Waals surface area contributed by atoms with Crippen molar-refractivity contribution in [3.63, 3.8) is 0 Å². The first-order valence-electron chi connectivity index (χ1n) is 6.97. The van der Waals surface area contributed by atoms with Crippen LogP contribution in [0.4, 0.5) is 10.1 Å². The summed E-state index contributed by atoms with van der Waals surface area (Å²) in [6.07, 6.45) is 2.79. The Morgan fingerprint density at radius 3 is 2.90 bits per heavy atom. The molecule has 112 valence electrons. The van der Waals surface area contributed by atoms with E-state index in [-0.39, 0.29) is 23.5 Å². The average Bonchev–Trinajstić information content (AvgIpc) is 2.52. The van der Waals surface area contributed by atoms with Crippen molar-refractivity contribution in [2.75, 3.05) is 25.0 Å². The molecular formula is C16H19FN2O2. The van der Waals surface area contributed by atoms with Crippen LogP contribution in [0, 0.1) is 11.7 Å². The minimum atomic E-state index is -0.376. The van der Waals surface area contributed by atoms with E-state index >= 15 is 0 Å². The van der Waals surface area contributed by atoms with Crippen LogP contribution >= 0.6 is 0 Å². The molecule has 5 heteroatoms. The third-order valence-electron chi connectivity index (χ3n) is 3.78. The number of anilines is 1. The molecule has 1 aromatic rings. The van der Waals surface area contributed by atoms with E-state index in [1.165, 1.54) is 23.1 Å². The molecule has 0 radical (unpaired) electrons. The van der Waals surface area contributed by atoms with Crippen LogP contribution < -0.4 is 4.90 Å². The lowest BCUT2D eigenvalue weighted by Gasteiger charge is -2.33. The summed E-state index contributed by atoms with van der Waals surface area (Å²) in [5.74, 6) is -0.877. The molecule has 0 aliphatic carbocycles. The highest BCUT2D eigenvalue weighted by molar-refractivity contribution is 5.95. The Balaban J connectivity index is 2.08. The highest BCUT2D eigenvalue weighted by Gasteiger charge is 2.29. The van der Waals surface area contributed by atoms with Gasteiger partial charge in [0, 0.05) is 25.8 Å². The first kappa shape index (κ1) is 15.2. The zero-order valence-electron chi connectivity index (χ0n) is 12.1. The molecule has 4 nitrogen and oxygen atoms in total. The van der Waals surface area contributed by atoms with E-state index in [1.807, 2.05) is 0 Å². The maximum absolute atomic E-state index is 13.2. The Morgan fingerprint density at radius 1 is 1.48 bits per heavy atom. The number of halogens is 1. The molecule has 1 fully saturated rings. The zero-order valence-corrected chi connectivity index (χ0v) is 12.1. The summed E-state index contributed by atoms with van der Waals surface area (Å²) in [5, 5.41) is 0. The second-order valence-electron chi connectivity index (χ2n) is 5.20. The number of hydrogen-bond acceptors (Lipinski definition) is 2. The summed E-state index contributed by atoms with van der Waals surface area (Å²) in [6, 6.07) is 5.93. The SMILES string of the molecule is C=CC(=O)N1CCCC(C(=O)N(C)c2cccc(F)c2)C1. The zero-order chi connectivity index (χ0) is 15.4. The van der Waals surface area contributed by atoms with Crippen LogP contribution in [0.3, 0.4) is 0 Å². The minimum absolute atomic E-state index is 0.0952. The quantitative estimate of drug-likeness (QED) is 0.801. The first-order valence-corrected chi connectivity index (χ1v) is 6.97. The molecule has 1 aliphatic heterocycles. The first-order chi connectivity index (χ1) is 10.0. The number of benzene rings is 1. The minimum Gasteiger partial charge on any atom is -0.338 e. The number of likely N-dealkylation sites (tertiary alicyclic amines) is 1. The van der Waals surface area contributed by atoms with Crippen molar-refractivity contribution in [1.29, 1.82) is 0 Å². The summed E-state index contributed by atoms with van der Waals surface area (Å²) in [4.78, 5) is 27.3. The van der Waals surface area contributed by atoms with Crippen molar-refractivity contribution in [1.82, 2.24) is 4.90 Å². The molecule has 0 bridgehead atoms. The number of rotatable bonds is 3. The fourth-order valence-electron chi connectivity index (χ4n) is 2.59. The fourth-order valence-corrected chi connectivity index (χ4v) is 2.59. The van der Waals surface area contributed by atoms with Gasteiger partial charge in [0.25, 0.3) is 0 Å². The summed E-state index contributed by atoms with van der Waals surface area (Å²) in [7, 11) is 1.63. The van der Waals surface area contributed by atoms with Crippen LogP contribution in [0.1, 0.15) is 12.8 Å². The summed E-state index contributed by atoms with van der Waals surface area (Å²) < 4.78 is 13.2. The van der Waals surface area contributed by atoms with Crippen LogP contribution in [0.15, 0.2) is 36.9 Å². The number of piperidine rings is 1. The molecular weight excluding hydrogens is 271 g/mol. The number of carbonyl (C=O) groups excluding carboxylic acids is 2. The van der Waals surface area contributed by atoms with Gasteiger partial charge in [-0.1, -0.05) is 12.6 Å². The van der Waals surface area contributed by atoms with E-state index in [1.54, 1.807) is 24.1 Å². The average molecular weight is 290 g/mol. The lowest BCUT2D eigenvalue weighted by atomic mass is 9.96. The number of amides is 2. The standard InChI is InChI=1S/C16H19FN2O2/c1-3-15(20)19-9-5-6-12(11-19)16(21)18(2)14-8-4-7-13(17)10-14/h3-4,7-8,10,12H,1,5-6,9,11H2,2H3. The van der Waals surface area contributed by atoms with Crippen LogP contribution in [0.25, 0.3) is 0 Å². The van der Waals surface area contributed by atoms with Gasteiger partial charge < -0.3 is 9.80 Å². The van der Waals surface area contributed by atoms with E-state index in [2.05, 4.69) is 6.58 Å². The monoisotopic (exact) mass is 290 g/mol. The van der Waals surface area contributed by atoms with E-state index in [0.717, 1.165) is 12.8 Å². The van der Waals surface area contributed by atoms with E-state index < -0.39 is 0 Å². The van der Waals surface area contributed by atoms with Gasteiger partial charge in [0.15, 0.2) is 0 Å². The van der Waals surface area contributed by atoms with Crippen LogP contribution in [-0.4, -0.2) is 36.9 Å². The van der Waals surface area contributed by atoms with Gasteiger partial charge in [-0.15, -0.1) is 0 Å².